The summed E-state index contributed by atoms with van der Waals surface area (Å²) in [5.41, 5.74) is 12.2. The van der Waals surface area contributed by atoms with Crippen molar-refractivity contribution < 1.29 is 4.79 Å². The lowest BCUT2D eigenvalue weighted by atomic mass is 9.83. The number of hydrogen-bond acceptors (Lipinski definition) is 5. The van der Waals surface area contributed by atoms with E-state index in [4.69, 9.17) is 23.1 Å². The number of dihydropyridines is 1. The number of hydrogen-bond donors (Lipinski definition) is 4. The molecule has 7 heteroatoms. The molecule has 5 nitrogen and oxygen atoms in total. The summed E-state index contributed by atoms with van der Waals surface area (Å²) in [6.45, 7) is 0. The molecular formula is C13H11ClN4OS. The van der Waals surface area contributed by atoms with Gasteiger partial charge >= 0.3 is 0 Å². The highest BCUT2D eigenvalue weighted by atomic mass is 35.5. The molecule has 1 aliphatic rings. The van der Waals surface area contributed by atoms with E-state index in [0.717, 1.165) is 0 Å². The highest BCUT2D eigenvalue weighted by Gasteiger charge is 2.33. The average Bonchev–Trinajstić information content (AvgIpc) is 2.37. The molecule has 0 saturated heterocycles. The lowest BCUT2D eigenvalue weighted by Crippen LogP contribution is -2.33. The number of carbonyl (C=O) groups excluding carboxylic acids is 1. The van der Waals surface area contributed by atoms with Crippen LogP contribution in [0.4, 0.5) is 0 Å². The molecule has 20 heavy (non-hydrogen) atoms. The van der Waals surface area contributed by atoms with Crippen LogP contribution in [0.1, 0.15) is 11.5 Å². The van der Waals surface area contributed by atoms with Crippen molar-refractivity contribution in [3.05, 3.63) is 56.8 Å². The molecule has 1 aromatic carbocycles. The van der Waals surface area contributed by atoms with E-state index in [1.165, 1.54) is 0 Å². The van der Waals surface area contributed by atoms with Gasteiger partial charge in [0.05, 0.1) is 28.2 Å². The lowest BCUT2D eigenvalue weighted by Gasteiger charge is -2.27. The Hall–Kier alpha value is -2.10. The van der Waals surface area contributed by atoms with E-state index in [2.05, 4.69) is 17.9 Å². The molecule has 0 radical (unpaired) electrons. The summed E-state index contributed by atoms with van der Waals surface area (Å²) in [6, 6.07) is 8.82. The molecule has 0 aliphatic carbocycles. The SMILES string of the molecule is N#CC1=C(N)NC(S)=C(C(N)=O)[C@H]1c1cccc(Cl)c1. The summed E-state index contributed by atoms with van der Waals surface area (Å²) < 4.78 is 0. The Morgan fingerprint density at radius 3 is 2.75 bits per heavy atom. The molecular weight excluding hydrogens is 296 g/mol. The Morgan fingerprint density at radius 1 is 1.50 bits per heavy atom. The maximum Gasteiger partial charge on any atom is 0.248 e. The molecule has 0 fully saturated rings. The highest BCUT2D eigenvalue weighted by molar-refractivity contribution is 7.84. The van der Waals surface area contributed by atoms with Gasteiger partial charge in [-0.05, 0) is 17.7 Å². The van der Waals surface area contributed by atoms with Gasteiger partial charge in [-0.15, -0.1) is 12.6 Å². The molecule has 0 bridgehead atoms. The molecule has 0 saturated carbocycles. The van der Waals surface area contributed by atoms with E-state index in [0.29, 0.717) is 10.6 Å². The quantitative estimate of drug-likeness (QED) is 0.619. The van der Waals surface area contributed by atoms with E-state index in [1.54, 1.807) is 24.3 Å². The zero-order valence-electron chi connectivity index (χ0n) is 10.2. The highest BCUT2D eigenvalue weighted by Crippen LogP contribution is 2.37. The van der Waals surface area contributed by atoms with Gasteiger partial charge in [-0.2, -0.15) is 5.26 Å². The Morgan fingerprint density at radius 2 is 2.20 bits per heavy atom. The number of nitriles is 1. The average molecular weight is 307 g/mol. The molecule has 0 spiro atoms. The van der Waals surface area contributed by atoms with E-state index in [1.807, 2.05) is 6.07 Å². The number of thiol groups is 1. The zero-order valence-corrected chi connectivity index (χ0v) is 11.9. The summed E-state index contributed by atoms with van der Waals surface area (Å²) in [5.74, 6) is -1.20. The molecule has 1 aliphatic heterocycles. The van der Waals surface area contributed by atoms with Crippen molar-refractivity contribution in [3.8, 4) is 6.07 Å². The molecule has 0 unspecified atom stereocenters. The van der Waals surface area contributed by atoms with Gasteiger partial charge in [-0.25, -0.2) is 0 Å². The molecule has 1 amide bonds. The van der Waals surface area contributed by atoms with Crippen molar-refractivity contribution >= 4 is 30.1 Å². The maximum absolute atomic E-state index is 11.7. The van der Waals surface area contributed by atoms with Crippen LogP contribution in [0.15, 0.2) is 46.3 Å². The van der Waals surface area contributed by atoms with Crippen LogP contribution >= 0.6 is 24.2 Å². The third kappa shape index (κ3) is 2.46. The number of carbonyl (C=O) groups is 1. The predicted octanol–water partition coefficient (Wildman–Crippen LogP) is 1.35. The molecule has 1 atom stereocenters. The molecule has 102 valence electrons. The number of primary amides is 1. The first-order valence-corrected chi connectivity index (χ1v) is 6.43. The first kappa shape index (κ1) is 14.3. The number of nitrogens with one attached hydrogen (secondary N) is 1. The number of benzene rings is 1. The lowest BCUT2D eigenvalue weighted by molar-refractivity contribution is -0.114. The number of nitrogens with two attached hydrogens (primary N) is 2. The van der Waals surface area contributed by atoms with Gasteiger partial charge in [0.15, 0.2) is 0 Å². The van der Waals surface area contributed by atoms with Crippen molar-refractivity contribution in [2.75, 3.05) is 0 Å². The van der Waals surface area contributed by atoms with Gasteiger partial charge < -0.3 is 16.8 Å². The third-order valence-electron chi connectivity index (χ3n) is 2.94. The van der Waals surface area contributed by atoms with Crippen LogP contribution in [0.3, 0.4) is 0 Å². The van der Waals surface area contributed by atoms with E-state index < -0.39 is 11.8 Å². The molecule has 1 aromatic rings. The molecule has 0 aromatic heterocycles. The largest absolute Gasteiger partial charge is 0.384 e. The second kappa shape index (κ2) is 5.49. The molecule has 2 rings (SSSR count). The summed E-state index contributed by atoms with van der Waals surface area (Å²) in [5, 5.41) is 12.7. The Bertz CT molecular complexity index is 690. The predicted molar refractivity (Wildman–Crippen MR) is 79.4 cm³/mol. The fourth-order valence-corrected chi connectivity index (χ4v) is 2.66. The summed E-state index contributed by atoms with van der Waals surface area (Å²) in [6.07, 6.45) is 0. The van der Waals surface area contributed by atoms with Gasteiger partial charge in [0, 0.05) is 5.02 Å². The number of halogens is 1. The minimum atomic E-state index is -0.676. The van der Waals surface area contributed by atoms with Crippen molar-refractivity contribution in [2.24, 2.45) is 11.5 Å². The van der Waals surface area contributed by atoms with Crippen LogP contribution in [-0.4, -0.2) is 5.91 Å². The smallest absolute Gasteiger partial charge is 0.248 e. The summed E-state index contributed by atoms with van der Waals surface area (Å²) in [4.78, 5) is 11.7. The molecule has 1 heterocycles. The van der Waals surface area contributed by atoms with Gasteiger partial charge in [-0.1, -0.05) is 23.7 Å². The first-order valence-electron chi connectivity index (χ1n) is 5.61. The van der Waals surface area contributed by atoms with Gasteiger partial charge in [0.25, 0.3) is 0 Å². The number of rotatable bonds is 2. The maximum atomic E-state index is 11.7. The Kier molecular flexibility index (Phi) is 3.93. The first-order chi connectivity index (χ1) is 9.45. The fourth-order valence-electron chi connectivity index (χ4n) is 2.10. The van der Waals surface area contributed by atoms with E-state index >= 15 is 0 Å². The van der Waals surface area contributed by atoms with Gasteiger partial charge in [0.2, 0.25) is 5.91 Å². The Labute approximate surface area is 126 Å². The second-order valence-electron chi connectivity index (χ2n) is 4.18. The molecule has 5 N–H and O–H groups in total. The van der Waals surface area contributed by atoms with Crippen LogP contribution in [-0.2, 0) is 4.79 Å². The van der Waals surface area contributed by atoms with Gasteiger partial charge in [-0.3, -0.25) is 4.79 Å². The van der Waals surface area contributed by atoms with Crippen LogP contribution in [0, 0.1) is 11.3 Å². The third-order valence-corrected chi connectivity index (χ3v) is 3.53. The summed E-state index contributed by atoms with van der Waals surface area (Å²) >= 11 is 10.1. The number of amides is 1. The topological polar surface area (TPSA) is 105 Å². The van der Waals surface area contributed by atoms with Gasteiger partial charge in [0.1, 0.15) is 5.82 Å². The van der Waals surface area contributed by atoms with Crippen LogP contribution in [0.25, 0.3) is 0 Å². The number of allylic oxidation sites excluding steroid dienone is 1. The van der Waals surface area contributed by atoms with Crippen molar-refractivity contribution in [1.29, 1.82) is 5.26 Å². The van der Waals surface area contributed by atoms with Crippen molar-refractivity contribution in [1.82, 2.24) is 5.32 Å². The summed E-state index contributed by atoms with van der Waals surface area (Å²) in [7, 11) is 0. The number of nitrogens with zero attached hydrogens (tertiary/aromatic N) is 1. The zero-order chi connectivity index (χ0) is 14.9. The fraction of sp³-hybridized carbons (Fsp3) is 0.0769. The Balaban J connectivity index is 2.67. The standard InChI is InChI=1S/C13H11ClN4OS/c14-7-3-1-2-6(4-7)9-8(5-15)11(16)18-13(20)10(9)12(17)19/h1-4,9,18,20H,16H2,(H2,17,19)/t9-/m0/s1. The van der Waals surface area contributed by atoms with Crippen LogP contribution < -0.4 is 16.8 Å². The minimum absolute atomic E-state index is 0.146. The monoisotopic (exact) mass is 306 g/mol. The van der Waals surface area contributed by atoms with Crippen molar-refractivity contribution in [3.63, 3.8) is 0 Å². The van der Waals surface area contributed by atoms with E-state index in [9.17, 15) is 10.1 Å². The van der Waals surface area contributed by atoms with Crippen molar-refractivity contribution in [2.45, 2.75) is 5.92 Å². The minimum Gasteiger partial charge on any atom is -0.384 e. The normalized spacial score (nSPS) is 18.6. The van der Waals surface area contributed by atoms with Crippen LogP contribution in [0.2, 0.25) is 5.02 Å². The second-order valence-corrected chi connectivity index (χ2v) is 5.06. The van der Waals surface area contributed by atoms with Crippen LogP contribution in [0.5, 0.6) is 0 Å². The van der Waals surface area contributed by atoms with E-state index in [-0.39, 0.29) is 22.0 Å².